The summed E-state index contributed by atoms with van der Waals surface area (Å²) in [4.78, 5) is 19.8. The molecule has 0 aliphatic carbocycles. The van der Waals surface area contributed by atoms with Crippen LogP contribution < -0.4 is 10.6 Å². The minimum absolute atomic E-state index is 0.0410. The number of nitriles is 1. The van der Waals surface area contributed by atoms with Crippen molar-refractivity contribution < 1.29 is 23.4 Å². The highest BCUT2D eigenvalue weighted by Gasteiger charge is 2.20. The van der Waals surface area contributed by atoms with Gasteiger partial charge in [-0.2, -0.15) is 5.26 Å². The van der Waals surface area contributed by atoms with E-state index in [1.54, 1.807) is 20.3 Å². The lowest BCUT2D eigenvalue weighted by atomic mass is 9.95. The lowest BCUT2D eigenvalue weighted by molar-refractivity contribution is -0.111. The topological polar surface area (TPSA) is 109 Å². The number of halogens is 2. The maximum Gasteiger partial charge on any atom is 0.248 e. The molecule has 1 saturated heterocycles. The number of carbonyl (C=O) groups excluding carboxylic acids is 1. The van der Waals surface area contributed by atoms with Gasteiger partial charge in [0.05, 0.1) is 35.0 Å². The van der Waals surface area contributed by atoms with Gasteiger partial charge in [-0.05, 0) is 54.7 Å². The van der Waals surface area contributed by atoms with Crippen LogP contribution in [0.2, 0.25) is 5.02 Å². The quantitative estimate of drug-likeness (QED) is 0.241. The molecule has 2 N–H and O–H groups in total. The zero-order chi connectivity index (χ0) is 29.9. The van der Waals surface area contributed by atoms with Crippen LogP contribution in [0.25, 0.3) is 10.9 Å². The third-order valence-corrected chi connectivity index (χ3v) is 7.34. The zero-order valence-corrected chi connectivity index (χ0v) is 24.5. The second-order valence-corrected chi connectivity index (χ2v) is 10.5. The summed E-state index contributed by atoms with van der Waals surface area (Å²) < 4.78 is 29.7. The van der Waals surface area contributed by atoms with Gasteiger partial charge in [-0.25, -0.2) is 4.39 Å². The molecule has 0 saturated carbocycles. The Bertz CT molecular complexity index is 1450. The predicted molar refractivity (Wildman–Crippen MR) is 162 cm³/mol. The van der Waals surface area contributed by atoms with Gasteiger partial charge in [-0.15, -0.1) is 0 Å². The molecule has 3 aromatic rings. The highest BCUT2D eigenvalue weighted by Crippen LogP contribution is 2.35. The number of carbonyl (C=O) groups is 1. The van der Waals surface area contributed by atoms with Crippen molar-refractivity contribution in [1.82, 2.24) is 9.88 Å². The van der Waals surface area contributed by atoms with E-state index < -0.39 is 5.82 Å². The van der Waals surface area contributed by atoms with E-state index in [0.29, 0.717) is 91.9 Å². The van der Waals surface area contributed by atoms with E-state index in [0.717, 1.165) is 12.0 Å². The van der Waals surface area contributed by atoms with Gasteiger partial charge in [0.15, 0.2) is 0 Å². The number of fused-ring (bicyclic) bond motifs is 1. The van der Waals surface area contributed by atoms with Crippen LogP contribution in [-0.2, 0) is 25.4 Å². The number of methoxy groups -OCH3 is 2. The van der Waals surface area contributed by atoms with Crippen molar-refractivity contribution in [3.63, 3.8) is 0 Å². The molecule has 2 aromatic carbocycles. The Hall–Kier alpha value is -3.59. The van der Waals surface area contributed by atoms with Gasteiger partial charge in [0.1, 0.15) is 11.9 Å². The molecule has 0 radical (unpaired) electrons. The molecule has 42 heavy (non-hydrogen) atoms. The minimum Gasteiger partial charge on any atom is -0.383 e. The Kier molecular flexibility index (Phi) is 11.6. The van der Waals surface area contributed by atoms with Crippen LogP contribution in [0.3, 0.4) is 0 Å². The molecule has 222 valence electrons. The average molecular weight is 596 g/mol. The molecular weight excluding hydrogens is 561 g/mol. The van der Waals surface area contributed by atoms with Crippen LogP contribution in [0, 0.1) is 23.1 Å². The predicted octanol–water partition coefficient (Wildman–Crippen LogP) is 5.31. The fraction of sp³-hybridized carbons (Fsp3) is 0.387. The summed E-state index contributed by atoms with van der Waals surface area (Å²) >= 11 is 6.00. The van der Waals surface area contributed by atoms with Crippen LogP contribution in [0.15, 0.2) is 48.7 Å². The number of ether oxygens (including phenoxy) is 3. The lowest BCUT2D eigenvalue weighted by Crippen LogP contribution is -2.31. The summed E-state index contributed by atoms with van der Waals surface area (Å²) in [5.74, 6) is -0.497. The highest BCUT2D eigenvalue weighted by atomic mass is 35.5. The molecule has 9 nitrogen and oxygen atoms in total. The number of pyridine rings is 1. The van der Waals surface area contributed by atoms with E-state index in [1.807, 2.05) is 18.2 Å². The van der Waals surface area contributed by atoms with Gasteiger partial charge in [0, 0.05) is 76.1 Å². The summed E-state index contributed by atoms with van der Waals surface area (Å²) in [5.41, 5.74) is 3.49. The number of nitrogens with one attached hydrogen (secondary N) is 2. The lowest BCUT2D eigenvalue weighted by Gasteiger charge is -2.19. The molecular formula is C31H35ClFN5O4. The molecule has 0 bridgehead atoms. The SMILES string of the molecule is COCCN(C/C=C/C(=O)Nc1cc2c(Nc3ccc(F)c(Cl)c3)c(C#N)cnc2cc1C[C@H]1CCOC1)CCOC. The van der Waals surface area contributed by atoms with Crippen LogP contribution in [0.5, 0.6) is 0 Å². The van der Waals surface area contributed by atoms with E-state index in [4.69, 9.17) is 25.8 Å². The van der Waals surface area contributed by atoms with Gasteiger partial charge in [0.2, 0.25) is 5.91 Å². The van der Waals surface area contributed by atoms with Gasteiger partial charge >= 0.3 is 0 Å². The number of hydrogen-bond acceptors (Lipinski definition) is 8. The summed E-state index contributed by atoms with van der Waals surface area (Å²) in [6.45, 7) is 4.52. The van der Waals surface area contributed by atoms with Crippen molar-refractivity contribution in [1.29, 1.82) is 5.26 Å². The number of anilines is 3. The summed E-state index contributed by atoms with van der Waals surface area (Å²) in [6, 6.07) is 10.2. The molecule has 1 aliphatic rings. The number of amides is 1. The molecule has 1 aromatic heterocycles. The minimum atomic E-state index is -0.540. The number of rotatable bonds is 14. The first kappa shape index (κ1) is 31.3. The molecule has 1 atom stereocenters. The monoisotopic (exact) mass is 595 g/mol. The van der Waals surface area contributed by atoms with Crippen molar-refractivity contribution in [3.8, 4) is 6.07 Å². The van der Waals surface area contributed by atoms with Gasteiger partial charge in [-0.1, -0.05) is 17.7 Å². The fourth-order valence-corrected chi connectivity index (χ4v) is 4.96. The van der Waals surface area contributed by atoms with Gasteiger partial charge < -0.3 is 24.8 Å². The molecule has 11 heteroatoms. The third-order valence-electron chi connectivity index (χ3n) is 7.05. The number of benzene rings is 2. The van der Waals surface area contributed by atoms with E-state index in [-0.39, 0.29) is 10.9 Å². The summed E-state index contributed by atoms with van der Waals surface area (Å²) in [6.07, 6.45) is 6.46. The van der Waals surface area contributed by atoms with E-state index in [1.165, 1.54) is 24.4 Å². The number of aromatic nitrogens is 1. The van der Waals surface area contributed by atoms with E-state index >= 15 is 0 Å². The Morgan fingerprint density at radius 3 is 2.71 bits per heavy atom. The van der Waals surface area contributed by atoms with Gasteiger partial charge in [0.25, 0.3) is 0 Å². The largest absolute Gasteiger partial charge is 0.383 e. The molecule has 0 unspecified atom stereocenters. The molecule has 1 aliphatic heterocycles. The van der Waals surface area contributed by atoms with Crippen LogP contribution in [0.4, 0.5) is 21.5 Å². The Morgan fingerprint density at radius 2 is 2.05 bits per heavy atom. The molecule has 1 amide bonds. The van der Waals surface area contributed by atoms with Crippen molar-refractivity contribution >= 4 is 45.5 Å². The smallest absolute Gasteiger partial charge is 0.248 e. The number of nitrogens with zero attached hydrogens (tertiary/aromatic N) is 3. The first-order valence-corrected chi connectivity index (χ1v) is 14.1. The molecule has 2 heterocycles. The van der Waals surface area contributed by atoms with E-state index in [9.17, 15) is 14.4 Å². The number of hydrogen-bond donors (Lipinski definition) is 2. The first-order valence-electron chi connectivity index (χ1n) is 13.7. The van der Waals surface area contributed by atoms with Crippen LogP contribution in [0.1, 0.15) is 17.5 Å². The maximum atomic E-state index is 13.8. The second-order valence-electron chi connectivity index (χ2n) is 10.1. The maximum absolute atomic E-state index is 13.8. The van der Waals surface area contributed by atoms with Crippen LogP contribution in [-0.4, -0.2) is 76.1 Å². The van der Waals surface area contributed by atoms with Crippen molar-refractivity contribution in [2.24, 2.45) is 5.92 Å². The van der Waals surface area contributed by atoms with E-state index in [2.05, 4.69) is 26.6 Å². The Morgan fingerprint density at radius 1 is 1.26 bits per heavy atom. The standard InChI is InChI=1S/C31H35ClFN5O4/c1-40-12-9-38(10-13-41-2)8-3-4-30(39)37-28-17-25-29(15-22(28)14-21-7-11-42-20-21)35-19-23(18-34)31(25)36-24-5-6-27(33)26(32)16-24/h3-6,15-17,19,21H,7-14,20H2,1-2H3,(H,35,36)(H,37,39)/b4-3+/t21-/m1/s1. The molecule has 4 rings (SSSR count). The first-order chi connectivity index (χ1) is 20.4. The normalized spacial score (nSPS) is 15.0. The Balaban J connectivity index is 1.64. The van der Waals surface area contributed by atoms with Gasteiger partial charge in [-0.3, -0.25) is 14.7 Å². The third kappa shape index (κ3) is 8.47. The van der Waals surface area contributed by atoms with Crippen molar-refractivity contribution in [3.05, 3.63) is 70.6 Å². The summed E-state index contributed by atoms with van der Waals surface area (Å²) in [5, 5.41) is 16.7. The fourth-order valence-electron chi connectivity index (χ4n) is 4.78. The molecule has 0 spiro atoms. The zero-order valence-electron chi connectivity index (χ0n) is 23.8. The van der Waals surface area contributed by atoms with Crippen LogP contribution >= 0.6 is 11.6 Å². The summed E-state index contributed by atoms with van der Waals surface area (Å²) in [7, 11) is 3.31. The average Bonchev–Trinajstić information content (AvgIpc) is 3.50. The van der Waals surface area contributed by atoms with Crippen molar-refractivity contribution in [2.45, 2.75) is 12.8 Å². The van der Waals surface area contributed by atoms with Crippen molar-refractivity contribution in [2.75, 3.05) is 70.9 Å². The Labute approximate surface area is 250 Å². The molecule has 1 fully saturated rings. The highest BCUT2D eigenvalue weighted by molar-refractivity contribution is 6.31. The second kappa shape index (κ2) is 15.6.